The highest BCUT2D eigenvalue weighted by Crippen LogP contribution is 2.38. The van der Waals surface area contributed by atoms with Crippen molar-refractivity contribution < 1.29 is 19.1 Å². The largest absolute Gasteiger partial charge is 0.464 e. The highest BCUT2D eigenvalue weighted by molar-refractivity contribution is 5.82. The SMILES string of the molecule is CCOC(=O)[C@H]1CC[C@@H](C2CCCCC2)N1C(=O)OC(C)(C)C. The first-order valence-corrected chi connectivity index (χ1v) is 9.01. The number of amides is 1. The van der Waals surface area contributed by atoms with E-state index in [0.29, 0.717) is 18.9 Å². The van der Waals surface area contributed by atoms with Crippen LogP contribution in [0.2, 0.25) is 0 Å². The molecular weight excluding hydrogens is 294 g/mol. The van der Waals surface area contributed by atoms with Gasteiger partial charge >= 0.3 is 12.1 Å². The quantitative estimate of drug-likeness (QED) is 0.739. The Hall–Kier alpha value is -1.26. The van der Waals surface area contributed by atoms with Crippen molar-refractivity contribution in [2.24, 2.45) is 5.92 Å². The maximum absolute atomic E-state index is 12.7. The third-order valence-corrected chi connectivity index (χ3v) is 4.79. The molecule has 1 aliphatic carbocycles. The van der Waals surface area contributed by atoms with Crippen LogP contribution in [-0.4, -0.2) is 41.3 Å². The van der Waals surface area contributed by atoms with Gasteiger partial charge in [0.05, 0.1) is 6.61 Å². The summed E-state index contributed by atoms with van der Waals surface area (Å²) >= 11 is 0. The fourth-order valence-corrected chi connectivity index (χ4v) is 3.87. The van der Waals surface area contributed by atoms with E-state index in [9.17, 15) is 9.59 Å². The molecule has 0 bridgehead atoms. The molecule has 1 amide bonds. The predicted octanol–water partition coefficient (Wildman–Crippen LogP) is 3.90. The van der Waals surface area contributed by atoms with Crippen LogP contribution in [0.3, 0.4) is 0 Å². The Balaban J connectivity index is 2.17. The molecule has 0 radical (unpaired) electrons. The molecule has 5 nitrogen and oxygen atoms in total. The van der Waals surface area contributed by atoms with Crippen LogP contribution in [0.1, 0.15) is 72.6 Å². The molecule has 132 valence electrons. The van der Waals surface area contributed by atoms with E-state index < -0.39 is 11.6 Å². The highest BCUT2D eigenvalue weighted by Gasteiger charge is 2.46. The summed E-state index contributed by atoms with van der Waals surface area (Å²) in [6, 6.07) is -0.378. The second-order valence-electron chi connectivity index (χ2n) is 7.70. The zero-order chi connectivity index (χ0) is 17.0. The second kappa shape index (κ2) is 7.54. The molecule has 23 heavy (non-hydrogen) atoms. The van der Waals surface area contributed by atoms with Gasteiger partial charge in [0.15, 0.2) is 0 Å². The molecule has 0 spiro atoms. The maximum Gasteiger partial charge on any atom is 0.411 e. The van der Waals surface area contributed by atoms with E-state index in [4.69, 9.17) is 9.47 Å². The lowest BCUT2D eigenvalue weighted by molar-refractivity contribution is -0.149. The first-order chi connectivity index (χ1) is 10.8. The van der Waals surface area contributed by atoms with Gasteiger partial charge in [0.2, 0.25) is 0 Å². The van der Waals surface area contributed by atoms with Gasteiger partial charge in [-0.3, -0.25) is 4.90 Å². The highest BCUT2D eigenvalue weighted by atomic mass is 16.6. The molecule has 1 heterocycles. The number of ether oxygens (including phenoxy) is 2. The normalized spacial score (nSPS) is 26.2. The zero-order valence-corrected chi connectivity index (χ0v) is 15.0. The van der Waals surface area contributed by atoms with E-state index in [2.05, 4.69) is 0 Å². The van der Waals surface area contributed by atoms with E-state index in [0.717, 1.165) is 19.3 Å². The van der Waals surface area contributed by atoms with Crippen LogP contribution in [0.15, 0.2) is 0 Å². The lowest BCUT2D eigenvalue weighted by atomic mass is 9.83. The molecular formula is C18H31NO4. The molecule has 2 atom stereocenters. The Kier molecular flexibility index (Phi) is 5.93. The monoisotopic (exact) mass is 325 g/mol. The molecule has 2 rings (SSSR count). The van der Waals surface area contributed by atoms with Crippen LogP contribution in [0.5, 0.6) is 0 Å². The van der Waals surface area contributed by atoms with E-state index in [1.165, 1.54) is 19.3 Å². The number of hydrogen-bond donors (Lipinski definition) is 0. The lowest BCUT2D eigenvalue weighted by Crippen LogP contribution is -2.50. The van der Waals surface area contributed by atoms with E-state index in [1.807, 2.05) is 20.8 Å². The first kappa shape index (κ1) is 18.1. The number of hydrogen-bond acceptors (Lipinski definition) is 4. The van der Waals surface area contributed by atoms with Crippen LogP contribution >= 0.6 is 0 Å². The van der Waals surface area contributed by atoms with Crippen LogP contribution in [0, 0.1) is 5.92 Å². The fraction of sp³-hybridized carbons (Fsp3) is 0.889. The third-order valence-electron chi connectivity index (χ3n) is 4.79. The number of nitrogens with zero attached hydrogens (tertiary/aromatic N) is 1. The topological polar surface area (TPSA) is 55.8 Å². The van der Waals surface area contributed by atoms with Crippen LogP contribution in [0.25, 0.3) is 0 Å². The summed E-state index contributed by atoms with van der Waals surface area (Å²) in [6.45, 7) is 7.71. The molecule has 0 unspecified atom stereocenters. The minimum atomic E-state index is -0.560. The number of likely N-dealkylation sites (tertiary alicyclic amines) is 1. The van der Waals surface area contributed by atoms with Crippen molar-refractivity contribution in [3.8, 4) is 0 Å². The second-order valence-corrected chi connectivity index (χ2v) is 7.70. The zero-order valence-electron chi connectivity index (χ0n) is 15.0. The minimum absolute atomic E-state index is 0.111. The summed E-state index contributed by atoms with van der Waals surface area (Å²) in [4.78, 5) is 26.7. The van der Waals surface area contributed by atoms with E-state index in [-0.39, 0.29) is 18.1 Å². The Labute approximate surface area is 139 Å². The molecule has 1 aliphatic heterocycles. The average Bonchev–Trinajstić information content (AvgIpc) is 2.91. The number of carbonyl (C=O) groups is 2. The van der Waals surface area contributed by atoms with Crippen molar-refractivity contribution in [3.05, 3.63) is 0 Å². The Morgan fingerprint density at radius 2 is 1.70 bits per heavy atom. The van der Waals surface area contributed by atoms with Crippen molar-refractivity contribution in [3.63, 3.8) is 0 Å². The van der Waals surface area contributed by atoms with Crippen LogP contribution < -0.4 is 0 Å². The molecule has 0 N–H and O–H groups in total. The average molecular weight is 325 g/mol. The summed E-state index contributed by atoms with van der Waals surface area (Å²) in [5.74, 6) is 0.187. The van der Waals surface area contributed by atoms with Crippen molar-refractivity contribution in [2.75, 3.05) is 6.61 Å². The van der Waals surface area contributed by atoms with Gasteiger partial charge in [-0.2, -0.15) is 0 Å². The summed E-state index contributed by atoms with van der Waals surface area (Å²) in [5.41, 5.74) is -0.560. The molecule has 2 fully saturated rings. The van der Waals surface area contributed by atoms with Gasteiger partial charge in [0.1, 0.15) is 11.6 Å². The first-order valence-electron chi connectivity index (χ1n) is 9.01. The fourth-order valence-electron chi connectivity index (χ4n) is 3.87. The van der Waals surface area contributed by atoms with Gasteiger partial charge in [0.25, 0.3) is 0 Å². The Bertz CT molecular complexity index is 423. The third kappa shape index (κ3) is 4.61. The summed E-state index contributed by atoms with van der Waals surface area (Å²) in [7, 11) is 0. The van der Waals surface area contributed by atoms with Gasteiger partial charge in [-0.1, -0.05) is 19.3 Å². The molecule has 5 heteroatoms. The number of rotatable bonds is 3. The van der Waals surface area contributed by atoms with Crippen LogP contribution in [0.4, 0.5) is 4.79 Å². The van der Waals surface area contributed by atoms with Crippen LogP contribution in [-0.2, 0) is 14.3 Å². The predicted molar refractivity (Wildman–Crippen MR) is 88.1 cm³/mol. The smallest absolute Gasteiger partial charge is 0.411 e. The molecule has 2 aliphatic rings. The minimum Gasteiger partial charge on any atom is -0.464 e. The molecule has 0 aromatic rings. The standard InChI is InChI=1S/C18H31NO4/c1-5-22-16(20)15-12-11-14(13-9-7-6-8-10-13)19(15)17(21)23-18(2,3)4/h13-15H,5-12H2,1-4H3/t14-,15+/m0/s1. The lowest BCUT2D eigenvalue weighted by Gasteiger charge is -2.36. The summed E-state index contributed by atoms with van der Waals surface area (Å²) in [6.07, 6.45) is 7.16. The Morgan fingerprint density at radius 1 is 1.04 bits per heavy atom. The number of carbonyl (C=O) groups excluding carboxylic acids is 2. The molecule has 0 aromatic heterocycles. The summed E-state index contributed by atoms with van der Waals surface area (Å²) in [5, 5.41) is 0. The number of esters is 1. The Morgan fingerprint density at radius 3 is 2.26 bits per heavy atom. The summed E-state index contributed by atoms with van der Waals surface area (Å²) < 4.78 is 10.8. The molecule has 0 aromatic carbocycles. The van der Waals surface area contributed by atoms with Gasteiger partial charge in [-0.15, -0.1) is 0 Å². The molecule has 1 saturated heterocycles. The van der Waals surface area contributed by atoms with Gasteiger partial charge in [-0.25, -0.2) is 9.59 Å². The van der Waals surface area contributed by atoms with E-state index >= 15 is 0 Å². The maximum atomic E-state index is 12.7. The van der Waals surface area contributed by atoms with E-state index in [1.54, 1.807) is 11.8 Å². The van der Waals surface area contributed by atoms with Crippen molar-refractivity contribution in [2.45, 2.75) is 90.3 Å². The van der Waals surface area contributed by atoms with Crippen molar-refractivity contribution in [1.82, 2.24) is 4.90 Å². The van der Waals surface area contributed by atoms with Gasteiger partial charge in [0, 0.05) is 6.04 Å². The van der Waals surface area contributed by atoms with Gasteiger partial charge in [-0.05, 0) is 59.3 Å². The van der Waals surface area contributed by atoms with Crippen molar-refractivity contribution >= 4 is 12.1 Å². The van der Waals surface area contributed by atoms with Gasteiger partial charge < -0.3 is 9.47 Å². The van der Waals surface area contributed by atoms with Crippen molar-refractivity contribution in [1.29, 1.82) is 0 Å². The molecule has 1 saturated carbocycles.